The van der Waals surface area contributed by atoms with Crippen molar-refractivity contribution in [1.29, 1.82) is 0 Å². The van der Waals surface area contributed by atoms with Crippen molar-refractivity contribution in [2.24, 2.45) is 5.16 Å². The molecule has 0 aromatic heterocycles. The van der Waals surface area contributed by atoms with Crippen LogP contribution in [0.5, 0.6) is 17.2 Å². The molecule has 2 aromatic carbocycles. The van der Waals surface area contributed by atoms with Gasteiger partial charge in [-0.05, 0) is 87.6 Å². The average Bonchev–Trinajstić information content (AvgIpc) is 2.78. The molecule has 0 radical (unpaired) electrons. The highest BCUT2D eigenvalue weighted by molar-refractivity contribution is 6.04. The maximum absolute atomic E-state index is 13.0. The summed E-state index contributed by atoms with van der Waals surface area (Å²) in [5.41, 5.74) is 0.905. The molecule has 2 aromatic rings. The molecule has 0 bridgehead atoms. The van der Waals surface area contributed by atoms with Crippen molar-refractivity contribution in [2.45, 2.75) is 46.2 Å². The van der Waals surface area contributed by atoms with Crippen LogP contribution in [0.25, 0.3) is 0 Å². The van der Waals surface area contributed by atoms with Gasteiger partial charge in [0.1, 0.15) is 31.0 Å². The fourth-order valence-electron chi connectivity index (χ4n) is 3.28. The zero-order valence-corrected chi connectivity index (χ0v) is 20.1. The van der Waals surface area contributed by atoms with Crippen molar-refractivity contribution in [3.05, 3.63) is 65.2 Å². The second kappa shape index (κ2) is 13.5. The third-order valence-electron chi connectivity index (χ3n) is 4.90. The minimum absolute atomic E-state index is 0.0816. The highest BCUT2D eigenvalue weighted by Gasteiger charge is 2.37. The van der Waals surface area contributed by atoms with Crippen molar-refractivity contribution in [2.75, 3.05) is 26.9 Å². The number of halogens is 3. The van der Waals surface area contributed by atoms with E-state index in [0.717, 1.165) is 49.0 Å². The van der Waals surface area contributed by atoms with E-state index in [1.165, 1.54) is 24.3 Å². The molecule has 0 amide bonds. The molecule has 8 heteroatoms. The topological polar surface area (TPSA) is 49.3 Å². The van der Waals surface area contributed by atoms with Gasteiger partial charge in [0.05, 0.1) is 13.2 Å². The Bertz CT molecular complexity index is 931. The monoisotopic (exact) mass is 479 g/mol. The average molecular weight is 480 g/mol. The molecule has 0 fully saturated rings. The number of ether oxygens (including phenoxy) is 3. The van der Waals surface area contributed by atoms with E-state index in [1.807, 2.05) is 45.1 Å². The molecule has 5 nitrogen and oxygen atoms in total. The van der Waals surface area contributed by atoms with Gasteiger partial charge in [0.2, 0.25) is 0 Å². The number of benzene rings is 2. The first-order valence-corrected chi connectivity index (χ1v) is 11.2. The van der Waals surface area contributed by atoms with E-state index in [4.69, 9.17) is 14.2 Å². The fraction of sp³-hybridized carbons (Fsp3) is 0.423. The summed E-state index contributed by atoms with van der Waals surface area (Å²) in [5, 5.41) is 3.08. The molecule has 0 aliphatic carbocycles. The lowest BCUT2D eigenvalue weighted by Gasteiger charge is -2.14. The summed E-state index contributed by atoms with van der Waals surface area (Å²) in [5.74, 6) is 2.21. The number of nitrogens with zero attached hydrogens (tertiary/aromatic N) is 1. The lowest BCUT2D eigenvalue weighted by molar-refractivity contribution is -0.0608. The third kappa shape index (κ3) is 8.65. The minimum Gasteiger partial charge on any atom is -0.494 e. The standard InChI is InChI=1S/C26H32F3NO4/c1-5-6-14-33-23-17-19(2)24(20(3)18-23)34-16-9-7-8-15-32-22-12-10-21(11-13-22)25(30-31-4)26(27,28)29/h5-6,10-13,17-18H,7-9,14-16H2,1-4H3/b6-5+,30-25?. The molecule has 0 aliphatic rings. The summed E-state index contributed by atoms with van der Waals surface area (Å²) in [6.45, 7) is 7.56. The van der Waals surface area contributed by atoms with Crippen LogP contribution in [0.2, 0.25) is 0 Å². The molecular weight excluding hydrogens is 447 g/mol. The first kappa shape index (κ1) is 27.1. The summed E-state index contributed by atoms with van der Waals surface area (Å²) in [7, 11) is 1.08. The van der Waals surface area contributed by atoms with Crippen LogP contribution in [0.3, 0.4) is 0 Å². The normalized spacial score (nSPS) is 12.1. The van der Waals surface area contributed by atoms with Gasteiger partial charge in [0, 0.05) is 5.56 Å². The Morgan fingerprint density at radius 1 is 0.882 bits per heavy atom. The van der Waals surface area contributed by atoms with Gasteiger partial charge in [0.25, 0.3) is 0 Å². The molecule has 0 unspecified atom stereocenters. The van der Waals surface area contributed by atoms with Crippen molar-refractivity contribution in [1.82, 2.24) is 0 Å². The van der Waals surface area contributed by atoms with Crippen LogP contribution in [0.4, 0.5) is 13.2 Å². The summed E-state index contributed by atoms with van der Waals surface area (Å²) in [6.07, 6.45) is 1.88. The van der Waals surface area contributed by atoms with Crippen LogP contribution in [0.15, 0.2) is 53.7 Å². The highest BCUT2D eigenvalue weighted by Crippen LogP contribution is 2.29. The predicted octanol–water partition coefficient (Wildman–Crippen LogP) is 6.80. The number of hydrogen-bond donors (Lipinski definition) is 0. The van der Waals surface area contributed by atoms with Crippen LogP contribution >= 0.6 is 0 Å². The van der Waals surface area contributed by atoms with Gasteiger partial charge in [-0.2, -0.15) is 13.2 Å². The minimum atomic E-state index is -4.60. The Kier molecular flexibility index (Phi) is 10.8. The highest BCUT2D eigenvalue weighted by atomic mass is 19.4. The summed E-state index contributed by atoms with van der Waals surface area (Å²) in [6, 6.07) is 9.57. The van der Waals surface area contributed by atoms with Crippen LogP contribution < -0.4 is 14.2 Å². The van der Waals surface area contributed by atoms with E-state index in [9.17, 15) is 13.2 Å². The summed E-state index contributed by atoms with van der Waals surface area (Å²) >= 11 is 0. The Labute approximate surface area is 199 Å². The third-order valence-corrected chi connectivity index (χ3v) is 4.90. The van der Waals surface area contributed by atoms with Crippen molar-refractivity contribution in [3.8, 4) is 17.2 Å². The number of hydrogen-bond acceptors (Lipinski definition) is 5. The number of aryl methyl sites for hydroxylation is 2. The summed E-state index contributed by atoms with van der Waals surface area (Å²) in [4.78, 5) is 4.31. The fourth-order valence-corrected chi connectivity index (χ4v) is 3.28. The van der Waals surface area contributed by atoms with E-state index < -0.39 is 11.9 Å². The summed E-state index contributed by atoms with van der Waals surface area (Å²) < 4.78 is 56.3. The quantitative estimate of drug-likeness (QED) is 0.137. The maximum Gasteiger partial charge on any atom is 0.437 e. The van der Waals surface area contributed by atoms with Gasteiger partial charge in [-0.3, -0.25) is 0 Å². The molecule has 0 spiro atoms. The van der Waals surface area contributed by atoms with Gasteiger partial charge in [0.15, 0.2) is 5.71 Å². The molecule has 2 rings (SSSR count). The zero-order valence-electron chi connectivity index (χ0n) is 20.1. The van der Waals surface area contributed by atoms with Crippen molar-refractivity contribution < 1.29 is 32.2 Å². The van der Waals surface area contributed by atoms with Gasteiger partial charge in [-0.15, -0.1) is 0 Å². The second-order valence-electron chi connectivity index (χ2n) is 7.67. The van der Waals surface area contributed by atoms with E-state index in [-0.39, 0.29) is 5.56 Å². The molecule has 0 aliphatic heterocycles. The molecule has 0 N–H and O–H groups in total. The largest absolute Gasteiger partial charge is 0.494 e. The predicted molar refractivity (Wildman–Crippen MR) is 127 cm³/mol. The van der Waals surface area contributed by atoms with Crippen LogP contribution in [0.1, 0.15) is 42.9 Å². The molecule has 0 atom stereocenters. The molecule has 0 heterocycles. The Hall–Kier alpha value is -3.16. The van der Waals surface area contributed by atoms with E-state index in [2.05, 4.69) is 9.99 Å². The van der Waals surface area contributed by atoms with Crippen molar-refractivity contribution in [3.63, 3.8) is 0 Å². The molecular formula is C26H32F3NO4. The molecule has 186 valence electrons. The zero-order chi connectivity index (χ0) is 25.0. The van der Waals surface area contributed by atoms with E-state index in [1.54, 1.807) is 0 Å². The van der Waals surface area contributed by atoms with E-state index >= 15 is 0 Å². The number of allylic oxidation sites excluding steroid dienone is 1. The number of oxime groups is 1. The van der Waals surface area contributed by atoms with Gasteiger partial charge < -0.3 is 19.0 Å². The Morgan fingerprint density at radius 3 is 2.06 bits per heavy atom. The van der Waals surface area contributed by atoms with Gasteiger partial charge in [-0.25, -0.2) is 0 Å². The first-order chi connectivity index (χ1) is 16.3. The van der Waals surface area contributed by atoms with Crippen LogP contribution in [0, 0.1) is 13.8 Å². The number of rotatable bonds is 13. The number of alkyl halides is 3. The van der Waals surface area contributed by atoms with Crippen molar-refractivity contribution >= 4 is 5.71 Å². The Morgan fingerprint density at radius 2 is 1.50 bits per heavy atom. The van der Waals surface area contributed by atoms with Crippen LogP contribution in [-0.4, -0.2) is 38.8 Å². The van der Waals surface area contributed by atoms with E-state index in [0.29, 0.717) is 25.6 Å². The number of unbranched alkanes of at least 4 members (excludes halogenated alkanes) is 2. The smallest absolute Gasteiger partial charge is 0.437 e. The lowest BCUT2D eigenvalue weighted by Crippen LogP contribution is -2.24. The molecule has 0 saturated carbocycles. The maximum atomic E-state index is 13.0. The lowest BCUT2D eigenvalue weighted by atomic mass is 10.1. The molecule has 0 saturated heterocycles. The molecule has 34 heavy (non-hydrogen) atoms. The van der Waals surface area contributed by atoms with Gasteiger partial charge in [-0.1, -0.05) is 17.3 Å². The first-order valence-electron chi connectivity index (χ1n) is 11.2. The second-order valence-corrected chi connectivity index (χ2v) is 7.67. The SMILES string of the molecule is C/C=C/COc1cc(C)c(OCCCCCOc2ccc(C(=NOC)C(F)(F)F)cc2)c(C)c1. The Balaban J connectivity index is 1.72. The van der Waals surface area contributed by atoms with Crippen LogP contribution in [-0.2, 0) is 4.84 Å². The van der Waals surface area contributed by atoms with Gasteiger partial charge >= 0.3 is 6.18 Å².